The molecule has 4 heterocycles. The number of carbonyl (C=O) groups excluding carboxylic acids is 1. The van der Waals surface area contributed by atoms with Gasteiger partial charge in [-0.25, -0.2) is 0 Å². The van der Waals surface area contributed by atoms with E-state index in [1.807, 2.05) is 0 Å². The Labute approximate surface area is 136 Å². The lowest BCUT2D eigenvalue weighted by Gasteiger charge is -2.66. The van der Waals surface area contributed by atoms with E-state index in [4.69, 9.17) is 0 Å². The summed E-state index contributed by atoms with van der Waals surface area (Å²) in [5.41, 5.74) is 0.317. The van der Waals surface area contributed by atoms with Gasteiger partial charge in [-0.05, 0) is 25.0 Å². The molecule has 5 nitrogen and oxygen atoms in total. The molecule has 5 heteroatoms. The van der Waals surface area contributed by atoms with E-state index in [0.29, 0.717) is 5.78 Å². The molecule has 0 radical (unpaired) electrons. The molecule has 0 aromatic heterocycles. The van der Waals surface area contributed by atoms with Crippen LogP contribution in [0.1, 0.15) is 38.4 Å². The van der Waals surface area contributed by atoms with Gasteiger partial charge in [-0.3, -0.25) is 14.6 Å². The zero-order valence-corrected chi connectivity index (χ0v) is 13.7. The summed E-state index contributed by atoms with van der Waals surface area (Å²) in [4.78, 5) is 17.8. The van der Waals surface area contributed by atoms with Crippen LogP contribution in [0.5, 0.6) is 11.5 Å². The molecule has 0 atom stereocenters. The molecule has 1 aromatic carbocycles. The summed E-state index contributed by atoms with van der Waals surface area (Å²) >= 11 is 0. The maximum absolute atomic E-state index is 13.1. The van der Waals surface area contributed by atoms with Gasteiger partial charge in [0.15, 0.2) is 0 Å². The molecule has 2 N–H and O–H groups in total. The van der Waals surface area contributed by atoms with E-state index in [-0.39, 0.29) is 28.5 Å². The highest BCUT2D eigenvalue weighted by molar-refractivity contribution is 5.93. The smallest absolute Gasteiger partial charge is 0.150 e. The van der Waals surface area contributed by atoms with Crippen molar-refractivity contribution in [3.63, 3.8) is 0 Å². The predicted octanol–water partition coefficient (Wildman–Crippen LogP) is 2.10. The molecule has 1 aromatic rings. The van der Waals surface area contributed by atoms with Gasteiger partial charge in [0.05, 0.1) is 17.0 Å². The summed E-state index contributed by atoms with van der Waals surface area (Å²) in [6.45, 7) is 7.31. The van der Waals surface area contributed by atoms with Crippen molar-refractivity contribution in [1.29, 1.82) is 0 Å². The third-order valence-electron chi connectivity index (χ3n) is 6.32. The molecule has 23 heavy (non-hydrogen) atoms. The molecule has 4 bridgehead atoms. The van der Waals surface area contributed by atoms with E-state index in [0.717, 1.165) is 44.6 Å². The van der Waals surface area contributed by atoms with Crippen molar-refractivity contribution in [2.45, 2.75) is 32.9 Å². The normalized spacial score (nSPS) is 41.5. The van der Waals surface area contributed by atoms with Crippen LogP contribution in [-0.4, -0.2) is 52.0 Å². The van der Waals surface area contributed by atoms with Crippen LogP contribution in [0.4, 0.5) is 0 Å². The van der Waals surface area contributed by atoms with Crippen molar-refractivity contribution < 1.29 is 15.0 Å². The van der Waals surface area contributed by atoms with Gasteiger partial charge in [0.1, 0.15) is 17.3 Å². The molecule has 0 aliphatic carbocycles. The first-order chi connectivity index (χ1) is 10.9. The van der Waals surface area contributed by atoms with Crippen molar-refractivity contribution in [1.82, 2.24) is 9.80 Å². The first-order valence-electron chi connectivity index (χ1n) is 8.49. The van der Waals surface area contributed by atoms with Gasteiger partial charge in [0.25, 0.3) is 0 Å². The van der Waals surface area contributed by atoms with Crippen LogP contribution in [0.15, 0.2) is 18.2 Å². The molecule has 4 aliphatic heterocycles. The minimum atomic E-state index is -0.254. The lowest BCUT2D eigenvalue weighted by molar-refractivity contribution is -0.204. The van der Waals surface area contributed by atoms with Crippen molar-refractivity contribution >= 4 is 5.78 Å². The average molecular weight is 316 g/mol. The average Bonchev–Trinajstić information content (AvgIpc) is 2.52. The molecule has 5 rings (SSSR count). The minimum Gasteiger partial charge on any atom is -0.508 e. The van der Waals surface area contributed by atoms with Crippen molar-refractivity contribution in [3.8, 4) is 11.5 Å². The van der Waals surface area contributed by atoms with Crippen LogP contribution in [0.25, 0.3) is 0 Å². The third kappa shape index (κ3) is 1.83. The summed E-state index contributed by atoms with van der Waals surface area (Å²) in [5.74, 6) is 0.658. The largest absolute Gasteiger partial charge is 0.508 e. The number of hydrogen-bond donors (Lipinski definition) is 2. The summed E-state index contributed by atoms with van der Waals surface area (Å²) in [7, 11) is 0. The van der Waals surface area contributed by atoms with Gasteiger partial charge >= 0.3 is 0 Å². The highest BCUT2D eigenvalue weighted by Crippen LogP contribution is 2.55. The van der Waals surface area contributed by atoms with Gasteiger partial charge in [-0.15, -0.1) is 0 Å². The monoisotopic (exact) mass is 316 g/mol. The second-order valence-electron chi connectivity index (χ2n) is 7.52. The maximum atomic E-state index is 13.1. The highest BCUT2D eigenvalue weighted by Gasteiger charge is 2.64. The standard InChI is InChI=1S/C18H24N2O3/c1-3-17-8-19-10-18(4-2,16(17)23)11-20(9-17)15(19)13-6-5-12(21)7-14(13)22/h5-7,15,21-22H,3-4,8-11H2,1-2H3. The molecule has 4 saturated heterocycles. The summed E-state index contributed by atoms with van der Waals surface area (Å²) < 4.78 is 0. The lowest BCUT2D eigenvalue weighted by atomic mass is 9.58. The van der Waals surface area contributed by atoms with E-state index in [9.17, 15) is 15.0 Å². The molecule has 0 unspecified atom stereocenters. The Morgan fingerprint density at radius 2 is 1.57 bits per heavy atom. The lowest BCUT2D eigenvalue weighted by Crippen LogP contribution is -2.76. The number of aromatic hydroxyl groups is 2. The number of hydrogen-bond acceptors (Lipinski definition) is 5. The zero-order chi connectivity index (χ0) is 16.4. The second-order valence-corrected chi connectivity index (χ2v) is 7.52. The first-order valence-corrected chi connectivity index (χ1v) is 8.49. The van der Waals surface area contributed by atoms with Gasteiger partial charge in [-0.1, -0.05) is 13.8 Å². The van der Waals surface area contributed by atoms with Crippen LogP contribution in [0, 0.1) is 10.8 Å². The van der Waals surface area contributed by atoms with Crippen LogP contribution in [-0.2, 0) is 4.79 Å². The summed E-state index contributed by atoms with van der Waals surface area (Å²) in [6.07, 6.45) is 1.74. The number of ketones is 1. The number of benzene rings is 1. The van der Waals surface area contributed by atoms with E-state index in [1.165, 1.54) is 6.07 Å². The van der Waals surface area contributed by atoms with Crippen LogP contribution in [0.2, 0.25) is 0 Å². The molecule has 0 spiro atoms. The van der Waals surface area contributed by atoms with Gasteiger partial charge in [0, 0.05) is 37.8 Å². The topological polar surface area (TPSA) is 64.0 Å². The maximum Gasteiger partial charge on any atom is 0.150 e. The second kappa shape index (κ2) is 4.71. The number of piperidine rings is 2. The fraction of sp³-hybridized carbons (Fsp3) is 0.611. The fourth-order valence-corrected chi connectivity index (χ4v) is 5.11. The van der Waals surface area contributed by atoms with Crippen molar-refractivity contribution in [2.24, 2.45) is 10.8 Å². The van der Waals surface area contributed by atoms with E-state index < -0.39 is 0 Å². The SMILES string of the molecule is CCC12CN3CC(CC)(CN(C1)C3c1ccc(O)cc1O)C2=O. The van der Waals surface area contributed by atoms with Crippen LogP contribution in [0.3, 0.4) is 0 Å². The van der Waals surface area contributed by atoms with Gasteiger partial charge in [-0.2, -0.15) is 0 Å². The van der Waals surface area contributed by atoms with E-state index >= 15 is 0 Å². The van der Waals surface area contributed by atoms with E-state index in [1.54, 1.807) is 12.1 Å². The summed E-state index contributed by atoms with van der Waals surface area (Å²) in [5, 5.41) is 19.8. The number of nitrogens with zero attached hydrogens (tertiary/aromatic N) is 2. The number of phenolic OH excluding ortho intramolecular Hbond substituents is 2. The number of phenols is 2. The predicted molar refractivity (Wildman–Crippen MR) is 86.1 cm³/mol. The number of Topliss-reactive ketones (excluding diaryl/α,β-unsaturated/α-hetero) is 1. The Morgan fingerprint density at radius 1 is 1.04 bits per heavy atom. The Morgan fingerprint density at radius 3 is 2.00 bits per heavy atom. The van der Waals surface area contributed by atoms with Crippen LogP contribution >= 0.6 is 0 Å². The fourth-order valence-electron chi connectivity index (χ4n) is 5.11. The Balaban J connectivity index is 1.77. The number of carbonyl (C=O) groups is 1. The zero-order valence-electron chi connectivity index (χ0n) is 13.7. The molecule has 124 valence electrons. The van der Waals surface area contributed by atoms with E-state index in [2.05, 4.69) is 23.6 Å². The minimum absolute atomic E-state index is 0.00282. The molecule has 4 aliphatic rings. The van der Waals surface area contributed by atoms with Gasteiger partial charge in [0.2, 0.25) is 0 Å². The Bertz CT molecular complexity index is 630. The van der Waals surface area contributed by atoms with Gasteiger partial charge < -0.3 is 10.2 Å². The molecule has 4 fully saturated rings. The van der Waals surface area contributed by atoms with Crippen molar-refractivity contribution in [2.75, 3.05) is 26.2 Å². The molecule has 0 saturated carbocycles. The third-order valence-corrected chi connectivity index (χ3v) is 6.32. The van der Waals surface area contributed by atoms with Crippen molar-refractivity contribution in [3.05, 3.63) is 23.8 Å². The highest BCUT2D eigenvalue weighted by atomic mass is 16.3. The first kappa shape index (κ1) is 15.0. The quantitative estimate of drug-likeness (QED) is 0.894. The molecule has 0 amide bonds. The summed E-state index contributed by atoms with van der Waals surface area (Å²) in [6, 6.07) is 4.83. The Kier molecular flexibility index (Phi) is 3.06. The van der Waals surface area contributed by atoms with Crippen LogP contribution < -0.4 is 0 Å². The molecular formula is C18H24N2O3. The Hall–Kier alpha value is -1.59. The molecular weight excluding hydrogens is 292 g/mol. The number of rotatable bonds is 3.